The van der Waals surface area contributed by atoms with Crippen LogP contribution < -0.4 is 0 Å². The summed E-state index contributed by atoms with van der Waals surface area (Å²) < 4.78 is 0. The Morgan fingerprint density at radius 2 is 2.08 bits per heavy atom. The first-order valence-electron chi connectivity index (χ1n) is 4.67. The number of allylic oxidation sites excluding steroid dienone is 1. The van der Waals surface area contributed by atoms with E-state index in [-0.39, 0.29) is 0 Å². The Morgan fingerprint density at radius 3 is 2.50 bits per heavy atom. The van der Waals surface area contributed by atoms with Gasteiger partial charge in [-0.2, -0.15) is 0 Å². The van der Waals surface area contributed by atoms with E-state index in [0.717, 1.165) is 26.1 Å². The van der Waals surface area contributed by atoms with E-state index in [0.29, 0.717) is 6.61 Å². The van der Waals surface area contributed by atoms with E-state index >= 15 is 0 Å². The summed E-state index contributed by atoms with van der Waals surface area (Å²) in [7, 11) is 0. The molecule has 0 aliphatic rings. The summed E-state index contributed by atoms with van der Waals surface area (Å²) in [5, 5.41) is 8.65. The van der Waals surface area contributed by atoms with Gasteiger partial charge in [0, 0.05) is 19.7 Å². The average Bonchev–Trinajstić information content (AvgIpc) is 2.05. The van der Waals surface area contributed by atoms with Crippen molar-refractivity contribution in [1.82, 2.24) is 4.90 Å². The smallest absolute Gasteiger partial charge is 0.0443 e. The van der Waals surface area contributed by atoms with Crippen LogP contribution in [0.1, 0.15) is 27.2 Å². The summed E-state index contributed by atoms with van der Waals surface area (Å²) in [5.41, 5.74) is 1.36. The maximum Gasteiger partial charge on any atom is 0.0443 e. The van der Waals surface area contributed by atoms with Crippen LogP contribution in [0.15, 0.2) is 11.6 Å². The summed E-state index contributed by atoms with van der Waals surface area (Å²) in [5.74, 6) is 0. The van der Waals surface area contributed by atoms with Crippen LogP contribution >= 0.6 is 0 Å². The molecule has 12 heavy (non-hydrogen) atoms. The van der Waals surface area contributed by atoms with E-state index in [1.165, 1.54) is 5.57 Å². The van der Waals surface area contributed by atoms with Gasteiger partial charge in [0.05, 0.1) is 0 Å². The van der Waals surface area contributed by atoms with Crippen LogP contribution in [-0.4, -0.2) is 36.2 Å². The van der Waals surface area contributed by atoms with Crippen LogP contribution in [0.5, 0.6) is 0 Å². The molecule has 0 bridgehead atoms. The molecular formula is C10H21NO. The normalized spacial score (nSPS) is 10.4. The number of aliphatic hydroxyl groups excluding tert-OH is 1. The molecule has 0 saturated heterocycles. The summed E-state index contributed by atoms with van der Waals surface area (Å²) >= 11 is 0. The van der Waals surface area contributed by atoms with E-state index in [9.17, 15) is 0 Å². The zero-order chi connectivity index (χ0) is 9.40. The van der Waals surface area contributed by atoms with Gasteiger partial charge in [-0.05, 0) is 26.8 Å². The number of rotatable bonds is 6. The molecule has 0 spiro atoms. The first kappa shape index (κ1) is 11.7. The topological polar surface area (TPSA) is 23.5 Å². The molecular weight excluding hydrogens is 150 g/mol. The van der Waals surface area contributed by atoms with Gasteiger partial charge in [0.15, 0.2) is 0 Å². The number of nitrogens with zero attached hydrogens (tertiary/aromatic N) is 1. The molecule has 1 N–H and O–H groups in total. The number of hydrogen-bond donors (Lipinski definition) is 1. The Balaban J connectivity index is 3.60. The fraction of sp³-hybridized carbons (Fsp3) is 0.800. The standard InChI is InChI=1S/C10H21NO/c1-4-11(7-5-9-12)8-6-10(2)3/h6,12H,4-5,7-9H2,1-3H3. The van der Waals surface area contributed by atoms with Crippen LogP contribution in [-0.2, 0) is 0 Å². The molecule has 0 aromatic carbocycles. The number of hydrogen-bond acceptors (Lipinski definition) is 2. The predicted octanol–water partition coefficient (Wildman–Crippen LogP) is 1.66. The van der Waals surface area contributed by atoms with Crippen molar-refractivity contribution < 1.29 is 5.11 Å². The highest BCUT2D eigenvalue weighted by molar-refractivity contribution is 4.94. The quantitative estimate of drug-likeness (QED) is 0.614. The van der Waals surface area contributed by atoms with Gasteiger partial charge in [-0.25, -0.2) is 0 Å². The van der Waals surface area contributed by atoms with E-state index in [1.54, 1.807) is 0 Å². The Labute approximate surface area is 75.9 Å². The molecule has 0 amide bonds. The summed E-state index contributed by atoms with van der Waals surface area (Å²) in [6.07, 6.45) is 3.10. The first-order chi connectivity index (χ1) is 5.70. The van der Waals surface area contributed by atoms with E-state index < -0.39 is 0 Å². The van der Waals surface area contributed by atoms with Crippen molar-refractivity contribution in [3.8, 4) is 0 Å². The molecule has 0 saturated carbocycles. The molecule has 0 aliphatic carbocycles. The zero-order valence-corrected chi connectivity index (χ0v) is 8.51. The molecule has 0 aromatic heterocycles. The Morgan fingerprint density at radius 1 is 1.42 bits per heavy atom. The van der Waals surface area contributed by atoms with Crippen LogP contribution in [0.25, 0.3) is 0 Å². The van der Waals surface area contributed by atoms with Crippen molar-refractivity contribution in [3.05, 3.63) is 11.6 Å². The second-order valence-corrected chi connectivity index (χ2v) is 3.25. The fourth-order valence-electron chi connectivity index (χ4n) is 0.984. The van der Waals surface area contributed by atoms with Crippen molar-refractivity contribution in [2.75, 3.05) is 26.2 Å². The molecule has 0 aromatic rings. The van der Waals surface area contributed by atoms with Crippen molar-refractivity contribution in [1.29, 1.82) is 0 Å². The fourth-order valence-corrected chi connectivity index (χ4v) is 0.984. The molecule has 0 fully saturated rings. The van der Waals surface area contributed by atoms with Crippen molar-refractivity contribution in [3.63, 3.8) is 0 Å². The number of likely N-dealkylation sites (N-methyl/N-ethyl adjacent to an activating group) is 1. The number of aliphatic hydroxyl groups is 1. The van der Waals surface area contributed by atoms with Crippen LogP contribution in [0, 0.1) is 0 Å². The molecule has 72 valence electrons. The highest BCUT2D eigenvalue weighted by Crippen LogP contribution is 1.94. The van der Waals surface area contributed by atoms with Crippen molar-refractivity contribution in [2.45, 2.75) is 27.2 Å². The lowest BCUT2D eigenvalue weighted by Crippen LogP contribution is -2.25. The molecule has 2 nitrogen and oxygen atoms in total. The Kier molecular flexibility index (Phi) is 7.11. The van der Waals surface area contributed by atoms with E-state index in [2.05, 4.69) is 31.7 Å². The minimum atomic E-state index is 0.297. The third-order valence-electron chi connectivity index (χ3n) is 1.84. The maximum atomic E-state index is 8.65. The van der Waals surface area contributed by atoms with Crippen LogP contribution in [0.4, 0.5) is 0 Å². The van der Waals surface area contributed by atoms with Gasteiger partial charge in [0.2, 0.25) is 0 Å². The maximum absolute atomic E-state index is 8.65. The van der Waals surface area contributed by atoms with Gasteiger partial charge in [-0.1, -0.05) is 18.6 Å². The minimum absolute atomic E-state index is 0.297. The highest BCUT2D eigenvalue weighted by Gasteiger charge is 1.97. The largest absolute Gasteiger partial charge is 0.396 e. The van der Waals surface area contributed by atoms with E-state index in [1.807, 2.05) is 0 Å². The van der Waals surface area contributed by atoms with Gasteiger partial charge < -0.3 is 5.11 Å². The second-order valence-electron chi connectivity index (χ2n) is 3.25. The second kappa shape index (κ2) is 7.32. The van der Waals surface area contributed by atoms with Crippen LogP contribution in [0.3, 0.4) is 0 Å². The lowest BCUT2D eigenvalue weighted by atomic mass is 10.3. The Hall–Kier alpha value is -0.340. The summed E-state index contributed by atoms with van der Waals surface area (Å²) in [6, 6.07) is 0. The lowest BCUT2D eigenvalue weighted by Gasteiger charge is -2.17. The molecule has 0 aliphatic heterocycles. The van der Waals surface area contributed by atoms with Gasteiger partial charge in [-0.15, -0.1) is 0 Å². The molecule has 0 unspecified atom stereocenters. The van der Waals surface area contributed by atoms with Gasteiger partial charge in [0.25, 0.3) is 0 Å². The first-order valence-corrected chi connectivity index (χ1v) is 4.67. The average molecular weight is 171 g/mol. The van der Waals surface area contributed by atoms with Crippen molar-refractivity contribution >= 4 is 0 Å². The van der Waals surface area contributed by atoms with E-state index in [4.69, 9.17) is 5.11 Å². The lowest BCUT2D eigenvalue weighted by molar-refractivity contribution is 0.241. The van der Waals surface area contributed by atoms with Crippen LogP contribution in [0.2, 0.25) is 0 Å². The van der Waals surface area contributed by atoms with Gasteiger partial charge in [-0.3, -0.25) is 4.90 Å². The molecule has 0 heterocycles. The van der Waals surface area contributed by atoms with Gasteiger partial charge in [0.1, 0.15) is 0 Å². The molecule has 2 heteroatoms. The third-order valence-corrected chi connectivity index (χ3v) is 1.84. The molecule has 0 atom stereocenters. The Bertz CT molecular complexity index is 128. The zero-order valence-electron chi connectivity index (χ0n) is 8.51. The summed E-state index contributed by atoms with van der Waals surface area (Å²) in [4.78, 5) is 2.32. The molecule has 0 radical (unpaired) electrons. The SMILES string of the molecule is CCN(CC=C(C)C)CCCO. The summed E-state index contributed by atoms with van der Waals surface area (Å²) in [6.45, 7) is 9.74. The molecule has 0 rings (SSSR count). The predicted molar refractivity (Wildman–Crippen MR) is 53.2 cm³/mol. The van der Waals surface area contributed by atoms with Crippen molar-refractivity contribution in [2.24, 2.45) is 0 Å². The highest BCUT2D eigenvalue weighted by atomic mass is 16.3. The third kappa shape index (κ3) is 6.38. The monoisotopic (exact) mass is 171 g/mol. The van der Waals surface area contributed by atoms with Gasteiger partial charge >= 0.3 is 0 Å². The minimum Gasteiger partial charge on any atom is -0.396 e.